The lowest BCUT2D eigenvalue weighted by atomic mass is 9.79. The van der Waals surface area contributed by atoms with Crippen LogP contribution >= 0.6 is 0 Å². The van der Waals surface area contributed by atoms with Crippen LogP contribution in [0.5, 0.6) is 0 Å². The van der Waals surface area contributed by atoms with E-state index < -0.39 is 23.9 Å². The maximum atomic E-state index is 12.7. The monoisotopic (exact) mass is 302 g/mol. The van der Waals surface area contributed by atoms with Gasteiger partial charge in [-0.2, -0.15) is 13.2 Å². The third-order valence-corrected chi connectivity index (χ3v) is 3.89. The van der Waals surface area contributed by atoms with E-state index in [1.54, 1.807) is 6.07 Å². The fourth-order valence-corrected chi connectivity index (χ4v) is 2.81. The van der Waals surface area contributed by atoms with Crippen LogP contribution in [0, 0.1) is 0 Å². The number of amides is 1. The number of alkyl halides is 3. The van der Waals surface area contributed by atoms with Gasteiger partial charge in [-0.15, -0.1) is 0 Å². The van der Waals surface area contributed by atoms with E-state index in [0.29, 0.717) is 24.8 Å². The summed E-state index contributed by atoms with van der Waals surface area (Å²) in [6.07, 6.45) is -3.89. The van der Waals surface area contributed by atoms with Crippen LogP contribution in [-0.2, 0) is 6.18 Å². The molecule has 3 atom stereocenters. The van der Waals surface area contributed by atoms with E-state index in [2.05, 4.69) is 5.32 Å². The number of nitrogens with one attached hydrogen (secondary N) is 1. The van der Waals surface area contributed by atoms with Crippen LogP contribution < -0.4 is 11.1 Å². The first-order chi connectivity index (χ1) is 9.77. The van der Waals surface area contributed by atoms with Gasteiger partial charge in [0.2, 0.25) is 0 Å². The smallest absolute Gasteiger partial charge is 0.416 e. The number of benzene rings is 1. The minimum absolute atomic E-state index is 0.0749. The Hall–Kier alpha value is -1.76. The van der Waals surface area contributed by atoms with Gasteiger partial charge >= 0.3 is 12.3 Å². The number of rotatable bonds is 2. The van der Waals surface area contributed by atoms with Gasteiger partial charge in [-0.25, -0.2) is 4.79 Å². The highest BCUT2D eigenvalue weighted by molar-refractivity contribution is 5.65. The molecule has 0 aliphatic heterocycles. The van der Waals surface area contributed by atoms with Gasteiger partial charge in [0, 0.05) is 12.1 Å². The van der Waals surface area contributed by atoms with E-state index in [1.165, 1.54) is 6.07 Å². The Labute approximate surface area is 120 Å². The Kier molecular flexibility index (Phi) is 4.41. The molecule has 0 spiro atoms. The Morgan fingerprint density at radius 1 is 1.33 bits per heavy atom. The average molecular weight is 302 g/mol. The van der Waals surface area contributed by atoms with E-state index in [0.717, 1.165) is 12.1 Å². The zero-order valence-corrected chi connectivity index (χ0v) is 11.2. The van der Waals surface area contributed by atoms with E-state index in [1.807, 2.05) is 0 Å². The number of nitrogens with two attached hydrogens (primary N) is 1. The van der Waals surface area contributed by atoms with Crippen molar-refractivity contribution in [1.82, 2.24) is 5.32 Å². The number of halogens is 3. The quantitative estimate of drug-likeness (QED) is 0.786. The molecule has 0 aromatic heterocycles. The summed E-state index contributed by atoms with van der Waals surface area (Å²) in [5.74, 6) is -0.0749. The first-order valence-electron chi connectivity index (χ1n) is 6.69. The van der Waals surface area contributed by atoms with Gasteiger partial charge in [0.25, 0.3) is 0 Å². The van der Waals surface area contributed by atoms with Gasteiger partial charge in [0.1, 0.15) is 0 Å². The molecule has 1 aliphatic rings. The molecule has 4 N–H and O–H groups in total. The molecule has 2 rings (SSSR count). The average Bonchev–Trinajstić information content (AvgIpc) is 2.40. The van der Waals surface area contributed by atoms with Crippen molar-refractivity contribution in [3.63, 3.8) is 0 Å². The van der Waals surface area contributed by atoms with E-state index in [-0.39, 0.29) is 12.0 Å². The highest BCUT2D eigenvalue weighted by Crippen LogP contribution is 2.36. The molecule has 0 unspecified atom stereocenters. The molecule has 7 heteroatoms. The number of hydrogen-bond acceptors (Lipinski definition) is 2. The fourth-order valence-electron chi connectivity index (χ4n) is 2.81. The van der Waals surface area contributed by atoms with Crippen molar-refractivity contribution >= 4 is 6.09 Å². The molecular weight excluding hydrogens is 285 g/mol. The van der Waals surface area contributed by atoms with Gasteiger partial charge in [-0.3, -0.25) is 0 Å². The summed E-state index contributed by atoms with van der Waals surface area (Å²) in [4.78, 5) is 10.6. The maximum Gasteiger partial charge on any atom is 0.416 e. The van der Waals surface area contributed by atoms with Gasteiger partial charge in [-0.05, 0) is 36.8 Å². The van der Waals surface area contributed by atoms with E-state index in [9.17, 15) is 18.0 Å². The van der Waals surface area contributed by atoms with Crippen LogP contribution in [0.1, 0.15) is 36.3 Å². The van der Waals surface area contributed by atoms with Gasteiger partial charge in [0.05, 0.1) is 5.56 Å². The van der Waals surface area contributed by atoms with Crippen molar-refractivity contribution in [3.8, 4) is 0 Å². The van der Waals surface area contributed by atoms with Crippen LogP contribution in [0.4, 0.5) is 18.0 Å². The summed E-state index contributed by atoms with van der Waals surface area (Å²) in [6.45, 7) is 0. The Balaban J connectivity index is 2.09. The summed E-state index contributed by atoms with van der Waals surface area (Å²) >= 11 is 0. The molecule has 0 bridgehead atoms. The van der Waals surface area contributed by atoms with Gasteiger partial charge in [-0.1, -0.05) is 18.2 Å². The third-order valence-electron chi connectivity index (χ3n) is 3.89. The Bertz CT molecular complexity index is 519. The Morgan fingerprint density at radius 2 is 2.05 bits per heavy atom. The first-order valence-corrected chi connectivity index (χ1v) is 6.69. The second kappa shape index (κ2) is 5.93. The van der Waals surface area contributed by atoms with Crippen molar-refractivity contribution in [2.75, 3.05) is 0 Å². The van der Waals surface area contributed by atoms with Crippen LogP contribution in [0.3, 0.4) is 0 Å². The zero-order chi connectivity index (χ0) is 15.6. The lowest BCUT2D eigenvalue weighted by Crippen LogP contribution is -2.50. The Morgan fingerprint density at radius 3 is 2.62 bits per heavy atom. The third kappa shape index (κ3) is 3.87. The predicted molar refractivity (Wildman–Crippen MR) is 71.0 cm³/mol. The summed E-state index contributed by atoms with van der Waals surface area (Å²) in [6, 6.07) is 4.52. The van der Waals surface area contributed by atoms with Crippen molar-refractivity contribution in [2.45, 2.75) is 43.4 Å². The molecule has 1 amide bonds. The molecule has 0 saturated heterocycles. The van der Waals surface area contributed by atoms with Crippen molar-refractivity contribution < 1.29 is 23.1 Å². The molecule has 0 heterocycles. The molecule has 1 aliphatic carbocycles. The molecular formula is C14H17F3N2O2. The molecule has 1 aromatic rings. The summed E-state index contributed by atoms with van der Waals surface area (Å²) in [5, 5.41) is 11.1. The second-order valence-electron chi connectivity index (χ2n) is 5.35. The summed E-state index contributed by atoms with van der Waals surface area (Å²) in [7, 11) is 0. The predicted octanol–water partition coefficient (Wildman–Crippen LogP) is 2.94. The van der Waals surface area contributed by atoms with Crippen molar-refractivity contribution in [3.05, 3.63) is 35.4 Å². The highest BCUT2D eigenvalue weighted by Gasteiger charge is 2.33. The molecule has 21 heavy (non-hydrogen) atoms. The lowest BCUT2D eigenvalue weighted by molar-refractivity contribution is -0.137. The number of hydrogen-bond donors (Lipinski definition) is 3. The summed E-state index contributed by atoms with van der Waals surface area (Å²) in [5.41, 5.74) is 5.87. The highest BCUT2D eigenvalue weighted by atomic mass is 19.4. The molecule has 0 radical (unpaired) electrons. The molecule has 1 saturated carbocycles. The lowest BCUT2D eigenvalue weighted by Gasteiger charge is -2.34. The zero-order valence-electron chi connectivity index (χ0n) is 11.2. The standard InChI is InChI=1S/C14H17F3N2O2/c15-14(16,17)10-3-1-2-8(6-10)9-4-5-12(11(18)7-9)19-13(20)21/h1-3,6,9,11-12,19H,4-5,7,18H2,(H,20,21)/t9-,11-,12-/m0/s1. The molecule has 4 nitrogen and oxygen atoms in total. The summed E-state index contributed by atoms with van der Waals surface area (Å²) < 4.78 is 38.2. The molecule has 1 aromatic carbocycles. The van der Waals surface area contributed by atoms with Gasteiger partial charge < -0.3 is 16.2 Å². The first kappa shape index (κ1) is 15.6. The minimum atomic E-state index is -4.36. The normalized spacial score (nSPS) is 26.4. The van der Waals surface area contributed by atoms with E-state index >= 15 is 0 Å². The number of carbonyl (C=O) groups is 1. The second-order valence-corrected chi connectivity index (χ2v) is 5.35. The van der Waals surface area contributed by atoms with Crippen molar-refractivity contribution in [2.24, 2.45) is 5.73 Å². The van der Waals surface area contributed by atoms with Crippen LogP contribution in [0.2, 0.25) is 0 Å². The number of carboxylic acid groups (broad SMARTS) is 1. The van der Waals surface area contributed by atoms with Gasteiger partial charge in [0.15, 0.2) is 0 Å². The molecule has 1 fully saturated rings. The van der Waals surface area contributed by atoms with Crippen LogP contribution in [-0.4, -0.2) is 23.3 Å². The van der Waals surface area contributed by atoms with Crippen molar-refractivity contribution in [1.29, 1.82) is 0 Å². The fraction of sp³-hybridized carbons (Fsp3) is 0.500. The maximum absolute atomic E-state index is 12.7. The minimum Gasteiger partial charge on any atom is -0.465 e. The van der Waals surface area contributed by atoms with E-state index in [4.69, 9.17) is 10.8 Å². The molecule has 116 valence electrons. The largest absolute Gasteiger partial charge is 0.465 e. The van der Waals surface area contributed by atoms with Crippen LogP contribution in [0.15, 0.2) is 24.3 Å². The SMILES string of the molecule is N[C@H]1C[C@@H](c2cccc(C(F)(F)F)c2)CC[C@@H]1NC(=O)O. The van der Waals surface area contributed by atoms with Crippen LogP contribution in [0.25, 0.3) is 0 Å². The topological polar surface area (TPSA) is 75.3 Å².